The SMILES string of the molecule is Cc1nsc(N2C[C@H]3CC[C@@H](C2)[C@@H]3Nc2nc3c(OCC4(C(F)(F)F)CC4)cccn3n2)n1. The van der Waals surface area contributed by atoms with Crippen molar-refractivity contribution in [2.45, 2.75) is 44.8 Å². The normalized spacial score (nSPS) is 26.1. The molecular weight excluding hydrogens is 455 g/mol. The average Bonchev–Trinajstić information content (AvgIpc) is 3.20. The topological polar surface area (TPSA) is 80.5 Å². The van der Waals surface area contributed by atoms with Gasteiger partial charge in [0.15, 0.2) is 11.4 Å². The summed E-state index contributed by atoms with van der Waals surface area (Å²) in [5.41, 5.74) is -1.30. The first-order valence-electron chi connectivity index (χ1n) is 11.2. The number of piperidine rings is 1. The lowest BCUT2D eigenvalue weighted by Gasteiger charge is -2.37. The number of hydrogen-bond donors (Lipinski definition) is 1. The van der Waals surface area contributed by atoms with E-state index in [0.29, 0.717) is 29.2 Å². The van der Waals surface area contributed by atoms with Crippen LogP contribution >= 0.6 is 11.5 Å². The second-order valence-electron chi connectivity index (χ2n) is 9.44. The Kier molecular flexibility index (Phi) is 4.72. The monoisotopic (exact) mass is 479 g/mol. The van der Waals surface area contributed by atoms with Crippen molar-refractivity contribution in [2.24, 2.45) is 17.3 Å². The van der Waals surface area contributed by atoms with Crippen LogP contribution in [0.2, 0.25) is 0 Å². The van der Waals surface area contributed by atoms with Crippen molar-refractivity contribution in [3.05, 3.63) is 24.2 Å². The molecule has 2 aliphatic carbocycles. The average molecular weight is 480 g/mol. The number of fused-ring (bicyclic) bond motifs is 3. The molecular formula is C21H24F3N7OS. The molecule has 0 amide bonds. The van der Waals surface area contributed by atoms with Gasteiger partial charge in [-0.1, -0.05) is 0 Å². The van der Waals surface area contributed by atoms with Crippen molar-refractivity contribution in [1.82, 2.24) is 24.0 Å². The van der Waals surface area contributed by atoms with E-state index in [-0.39, 0.29) is 25.5 Å². The predicted octanol–water partition coefficient (Wildman–Crippen LogP) is 3.94. The van der Waals surface area contributed by atoms with Crippen LogP contribution in [0.25, 0.3) is 5.65 Å². The second-order valence-corrected chi connectivity index (χ2v) is 10.2. The number of halogens is 3. The number of alkyl halides is 3. The lowest BCUT2D eigenvalue weighted by atomic mass is 9.92. The third-order valence-corrected chi connectivity index (χ3v) is 8.07. The van der Waals surface area contributed by atoms with Crippen molar-refractivity contribution in [3.8, 4) is 5.75 Å². The van der Waals surface area contributed by atoms with Crippen LogP contribution in [0.15, 0.2) is 18.3 Å². The summed E-state index contributed by atoms with van der Waals surface area (Å²) in [7, 11) is 0. The Balaban J connectivity index is 1.17. The van der Waals surface area contributed by atoms with Gasteiger partial charge in [0.05, 0.1) is 0 Å². The third-order valence-electron chi connectivity index (χ3n) is 7.20. The molecule has 12 heteroatoms. The van der Waals surface area contributed by atoms with E-state index in [1.807, 2.05) is 6.92 Å². The molecule has 1 N–H and O–H groups in total. The van der Waals surface area contributed by atoms with Crippen LogP contribution in [0.1, 0.15) is 31.5 Å². The van der Waals surface area contributed by atoms with Gasteiger partial charge in [-0.05, 0) is 56.6 Å². The maximum Gasteiger partial charge on any atom is 0.397 e. The van der Waals surface area contributed by atoms with E-state index < -0.39 is 11.6 Å². The first kappa shape index (κ1) is 20.9. The molecule has 3 aliphatic rings. The predicted molar refractivity (Wildman–Crippen MR) is 117 cm³/mol. The molecule has 0 aromatic carbocycles. The van der Waals surface area contributed by atoms with Crippen molar-refractivity contribution >= 4 is 28.3 Å². The molecule has 1 saturated heterocycles. The van der Waals surface area contributed by atoms with Gasteiger partial charge in [-0.2, -0.15) is 22.5 Å². The van der Waals surface area contributed by atoms with Gasteiger partial charge in [-0.3, -0.25) is 0 Å². The molecule has 6 rings (SSSR count). The Morgan fingerprint density at radius 1 is 1.21 bits per heavy atom. The van der Waals surface area contributed by atoms with Crippen LogP contribution < -0.4 is 15.0 Å². The number of hydrogen-bond acceptors (Lipinski definition) is 8. The number of aromatic nitrogens is 5. The standard InChI is InChI=1S/C21H24F3N7OS/c1-12-25-19(33-29-12)30-9-13-4-5-14(10-30)16(13)26-18-27-17-15(3-2-8-31(17)28-18)32-11-20(6-7-20)21(22,23)24/h2-3,8,13-14,16H,4-7,9-11H2,1H3,(H,26,28)/t13-,14+,16-. The van der Waals surface area contributed by atoms with Crippen LogP contribution in [-0.2, 0) is 0 Å². The molecule has 0 unspecified atom stereocenters. The summed E-state index contributed by atoms with van der Waals surface area (Å²) in [6, 6.07) is 3.60. The molecule has 4 heterocycles. The summed E-state index contributed by atoms with van der Waals surface area (Å²) >= 11 is 1.44. The Hall–Kier alpha value is -2.63. The quantitative estimate of drug-likeness (QED) is 0.574. The fourth-order valence-corrected chi connectivity index (χ4v) is 5.80. The highest BCUT2D eigenvalue weighted by Crippen LogP contribution is 2.57. The first-order chi connectivity index (χ1) is 15.8. The van der Waals surface area contributed by atoms with Crippen molar-refractivity contribution in [3.63, 3.8) is 0 Å². The van der Waals surface area contributed by atoms with E-state index in [0.717, 1.165) is 36.9 Å². The van der Waals surface area contributed by atoms with Gasteiger partial charge in [0, 0.05) is 36.9 Å². The van der Waals surface area contributed by atoms with Crippen LogP contribution in [0.3, 0.4) is 0 Å². The van der Waals surface area contributed by atoms with Gasteiger partial charge in [-0.15, -0.1) is 5.10 Å². The fraction of sp³-hybridized carbons (Fsp3) is 0.619. The molecule has 2 bridgehead atoms. The lowest BCUT2D eigenvalue weighted by Crippen LogP contribution is -2.48. The number of pyridine rings is 1. The van der Waals surface area contributed by atoms with Crippen LogP contribution in [0, 0.1) is 24.2 Å². The molecule has 176 valence electrons. The summed E-state index contributed by atoms with van der Waals surface area (Å²) in [4.78, 5) is 11.4. The Labute approximate surface area is 192 Å². The number of nitrogens with one attached hydrogen (secondary N) is 1. The maximum atomic E-state index is 13.3. The molecule has 0 spiro atoms. The molecule has 33 heavy (non-hydrogen) atoms. The molecule has 1 aliphatic heterocycles. The van der Waals surface area contributed by atoms with Gasteiger partial charge >= 0.3 is 6.18 Å². The first-order valence-corrected chi connectivity index (χ1v) is 12.0. The summed E-state index contributed by atoms with van der Waals surface area (Å²) in [5, 5.41) is 8.99. The molecule has 2 saturated carbocycles. The zero-order valence-corrected chi connectivity index (χ0v) is 18.9. The van der Waals surface area contributed by atoms with Crippen molar-refractivity contribution < 1.29 is 17.9 Å². The maximum absolute atomic E-state index is 13.3. The Morgan fingerprint density at radius 3 is 2.61 bits per heavy atom. The molecule has 0 radical (unpaired) electrons. The highest BCUT2D eigenvalue weighted by molar-refractivity contribution is 7.09. The van der Waals surface area contributed by atoms with Crippen LogP contribution in [0.4, 0.5) is 24.3 Å². The third kappa shape index (κ3) is 3.68. The highest BCUT2D eigenvalue weighted by Gasteiger charge is 2.64. The summed E-state index contributed by atoms with van der Waals surface area (Å²) in [6.45, 7) is 3.33. The summed E-state index contributed by atoms with van der Waals surface area (Å²) < 4.78 is 51.3. The molecule has 3 fully saturated rings. The lowest BCUT2D eigenvalue weighted by molar-refractivity contribution is -0.194. The fourth-order valence-electron chi connectivity index (χ4n) is 5.11. The van der Waals surface area contributed by atoms with E-state index in [1.165, 1.54) is 11.5 Å². The summed E-state index contributed by atoms with van der Waals surface area (Å²) in [6.07, 6.45) is -0.0593. The van der Waals surface area contributed by atoms with Crippen LogP contribution in [-0.4, -0.2) is 55.9 Å². The molecule has 3 aromatic rings. The van der Waals surface area contributed by atoms with Gasteiger partial charge < -0.3 is 15.0 Å². The number of rotatable bonds is 6. The smallest absolute Gasteiger partial charge is 0.397 e. The van der Waals surface area contributed by atoms with Gasteiger partial charge in [0.2, 0.25) is 11.1 Å². The van der Waals surface area contributed by atoms with Gasteiger partial charge in [0.1, 0.15) is 17.8 Å². The van der Waals surface area contributed by atoms with E-state index in [9.17, 15) is 13.2 Å². The number of anilines is 2. The minimum Gasteiger partial charge on any atom is -0.489 e. The van der Waals surface area contributed by atoms with E-state index in [4.69, 9.17) is 4.74 Å². The highest BCUT2D eigenvalue weighted by atomic mass is 32.1. The molecule has 8 nitrogen and oxygen atoms in total. The van der Waals surface area contributed by atoms with Crippen molar-refractivity contribution in [2.75, 3.05) is 29.9 Å². The molecule has 3 atom stereocenters. The zero-order valence-electron chi connectivity index (χ0n) is 18.0. The minimum absolute atomic E-state index is 0.108. The Morgan fingerprint density at radius 2 is 1.97 bits per heavy atom. The minimum atomic E-state index is -4.25. The van der Waals surface area contributed by atoms with E-state index >= 15 is 0 Å². The Bertz CT molecular complexity index is 1160. The number of ether oxygens (including phenoxy) is 1. The van der Waals surface area contributed by atoms with E-state index in [2.05, 4.69) is 29.7 Å². The van der Waals surface area contributed by atoms with Gasteiger partial charge in [0.25, 0.3) is 0 Å². The second kappa shape index (κ2) is 7.44. The van der Waals surface area contributed by atoms with Gasteiger partial charge in [-0.25, -0.2) is 9.50 Å². The zero-order chi connectivity index (χ0) is 22.8. The van der Waals surface area contributed by atoms with Crippen molar-refractivity contribution in [1.29, 1.82) is 0 Å². The number of nitrogens with zero attached hydrogens (tertiary/aromatic N) is 6. The largest absolute Gasteiger partial charge is 0.489 e. The van der Waals surface area contributed by atoms with E-state index in [1.54, 1.807) is 22.8 Å². The van der Waals surface area contributed by atoms with Crippen LogP contribution in [0.5, 0.6) is 5.75 Å². The summed E-state index contributed by atoms with van der Waals surface area (Å²) in [5.74, 6) is 2.48. The number of aryl methyl sites for hydroxylation is 1. The molecule has 3 aromatic heterocycles.